The van der Waals surface area contributed by atoms with Crippen molar-refractivity contribution in [3.05, 3.63) is 29.6 Å². The van der Waals surface area contributed by atoms with Crippen LogP contribution in [0.25, 0.3) is 11.0 Å². The number of hydrogen-bond donors (Lipinski definition) is 2. The van der Waals surface area contributed by atoms with Crippen LogP contribution in [0.1, 0.15) is 30.0 Å². The number of nitrogens with zero attached hydrogens (tertiary/aromatic N) is 2. The monoisotopic (exact) mass is 342 g/mol. The summed E-state index contributed by atoms with van der Waals surface area (Å²) in [4.78, 5) is 27.1. The van der Waals surface area contributed by atoms with E-state index in [1.165, 1.54) is 25.2 Å². The number of imidazole rings is 1. The zero-order valence-electron chi connectivity index (χ0n) is 13.3. The molecule has 0 spiro atoms. The topological polar surface area (TPSA) is 90.0 Å². The SMILES string of the molecule is CC(C)C(NC(=O)c1ccc2c(c1)nc(C(F)(F)F)n2C)C(N)=O. The number of aryl methyl sites for hydroxylation is 1. The number of hydrogen-bond acceptors (Lipinski definition) is 3. The summed E-state index contributed by atoms with van der Waals surface area (Å²) in [7, 11) is 1.25. The third-order valence-electron chi connectivity index (χ3n) is 3.66. The van der Waals surface area contributed by atoms with Gasteiger partial charge >= 0.3 is 6.18 Å². The largest absolute Gasteiger partial charge is 0.449 e. The number of alkyl halides is 3. The van der Waals surface area contributed by atoms with E-state index in [1.807, 2.05) is 0 Å². The van der Waals surface area contributed by atoms with Crippen LogP contribution in [-0.4, -0.2) is 27.4 Å². The van der Waals surface area contributed by atoms with Crippen molar-refractivity contribution in [1.82, 2.24) is 14.9 Å². The van der Waals surface area contributed by atoms with E-state index in [9.17, 15) is 22.8 Å². The Morgan fingerprint density at radius 3 is 2.42 bits per heavy atom. The Morgan fingerprint density at radius 2 is 1.92 bits per heavy atom. The molecule has 130 valence electrons. The maximum absolute atomic E-state index is 12.9. The minimum absolute atomic E-state index is 0.0395. The molecule has 0 fully saturated rings. The molecule has 0 radical (unpaired) electrons. The minimum atomic E-state index is -4.59. The normalized spacial score (nSPS) is 13.3. The molecule has 0 aliphatic carbocycles. The lowest BCUT2D eigenvalue weighted by molar-refractivity contribution is -0.146. The Morgan fingerprint density at radius 1 is 1.29 bits per heavy atom. The molecule has 9 heteroatoms. The van der Waals surface area contributed by atoms with Crippen LogP contribution in [0, 0.1) is 5.92 Å². The van der Waals surface area contributed by atoms with Gasteiger partial charge in [-0.1, -0.05) is 13.8 Å². The van der Waals surface area contributed by atoms with Crippen molar-refractivity contribution in [3.8, 4) is 0 Å². The van der Waals surface area contributed by atoms with Gasteiger partial charge in [0.05, 0.1) is 11.0 Å². The average molecular weight is 342 g/mol. The van der Waals surface area contributed by atoms with Gasteiger partial charge in [-0.2, -0.15) is 13.2 Å². The maximum atomic E-state index is 12.9. The molecule has 2 rings (SSSR count). The van der Waals surface area contributed by atoms with Crippen LogP contribution in [0.5, 0.6) is 0 Å². The Bertz CT molecular complexity index is 796. The van der Waals surface area contributed by atoms with Crippen molar-refractivity contribution in [2.75, 3.05) is 0 Å². The quantitative estimate of drug-likeness (QED) is 0.888. The molecule has 0 aliphatic heterocycles. The molecule has 1 aromatic carbocycles. The average Bonchev–Trinajstić information content (AvgIpc) is 2.80. The molecular formula is C15H17F3N4O2. The molecule has 0 bridgehead atoms. The smallest absolute Gasteiger partial charge is 0.368 e. The van der Waals surface area contributed by atoms with Crippen LogP contribution in [0.15, 0.2) is 18.2 Å². The molecule has 0 saturated heterocycles. The summed E-state index contributed by atoms with van der Waals surface area (Å²) >= 11 is 0. The lowest BCUT2D eigenvalue weighted by Gasteiger charge is -2.18. The number of carbonyl (C=O) groups excluding carboxylic acids is 2. The first-order chi connectivity index (χ1) is 11.0. The molecule has 1 unspecified atom stereocenters. The molecule has 2 amide bonds. The van der Waals surface area contributed by atoms with Crippen molar-refractivity contribution in [2.24, 2.45) is 18.7 Å². The summed E-state index contributed by atoms with van der Waals surface area (Å²) < 4.78 is 39.6. The zero-order chi connectivity index (χ0) is 18.2. The highest BCUT2D eigenvalue weighted by atomic mass is 19.4. The predicted molar refractivity (Wildman–Crippen MR) is 81.0 cm³/mol. The highest BCUT2D eigenvalue weighted by Crippen LogP contribution is 2.30. The van der Waals surface area contributed by atoms with Crippen LogP contribution >= 0.6 is 0 Å². The molecule has 3 N–H and O–H groups in total. The first-order valence-electron chi connectivity index (χ1n) is 7.16. The van der Waals surface area contributed by atoms with Crippen LogP contribution < -0.4 is 11.1 Å². The number of amides is 2. The number of carbonyl (C=O) groups is 2. The first-order valence-corrected chi connectivity index (χ1v) is 7.16. The van der Waals surface area contributed by atoms with Crippen LogP contribution in [-0.2, 0) is 18.0 Å². The van der Waals surface area contributed by atoms with E-state index in [-0.39, 0.29) is 22.5 Å². The van der Waals surface area contributed by atoms with E-state index in [1.54, 1.807) is 13.8 Å². The number of benzene rings is 1. The van der Waals surface area contributed by atoms with Crippen LogP contribution in [0.4, 0.5) is 13.2 Å². The standard InChI is InChI=1S/C15H17F3N4O2/c1-7(2)11(12(19)23)21-13(24)8-4-5-10-9(6-8)20-14(22(10)3)15(16,17)18/h4-7,11H,1-3H3,(H2,19,23)(H,21,24). The molecular weight excluding hydrogens is 325 g/mol. The number of fused-ring (bicyclic) bond motifs is 1. The van der Waals surface area contributed by atoms with Crippen LogP contribution in [0.2, 0.25) is 0 Å². The van der Waals surface area contributed by atoms with Crippen LogP contribution in [0.3, 0.4) is 0 Å². The van der Waals surface area contributed by atoms with Crippen molar-refractivity contribution in [3.63, 3.8) is 0 Å². The lowest BCUT2D eigenvalue weighted by Crippen LogP contribution is -2.47. The third-order valence-corrected chi connectivity index (χ3v) is 3.66. The fourth-order valence-corrected chi connectivity index (χ4v) is 2.39. The summed E-state index contributed by atoms with van der Waals surface area (Å²) in [5.41, 5.74) is 5.61. The van der Waals surface area contributed by atoms with E-state index < -0.39 is 29.9 Å². The molecule has 0 saturated carbocycles. The number of rotatable bonds is 4. The van der Waals surface area contributed by atoms with Crippen molar-refractivity contribution < 1.29 is 22.8 Å². The van der Waals surface area contributed by atoms with Crippen molar-refractivity contribution in [2.45, 2.75) is 26.1 Å². The third kappa shape index (κ3) is 3.34. The zero-order valence-corrected chi connectivity index (χ0v) is 13.3. The number of aromatic nitrogens is 2. The highest BCUT2D eigenvalue weighted by Gasteiger charge is 2.36. The second-order valence-corrected chi connectivity index (χ2v) is 5.79. The summed E-state index contributed by atoms with van der Waals surface area (Å²) in [6.07, 6.45) is -4.59. The summed E-state index contributed by atoms with van der Waals surface area (Å²) in [6.45, 7) is 3.43. The Labute approximate surface area is 135 Å². The van der Waals surface area contributed by atoms with Gasteiger partial charge in [0.2, 0.25) is 11.7 Å². The van der Waals surface area contributed by atoms with Gasteiger partial charge in [0.1, 0.15) is 6.04 Å². The molecule has 0 aliphatic rings. The van der Waals surface area contributed by atoms with Gasteiger partial charge in [0.25, 0.3) is 5.91 Å². The first kappa shape index (κ1) is 17.8. The molecule has 1 atom stereocenters. The molecule has 24 heavy (non-hydrogen) atoms. The Kier molecular flexibility index (Phi) is 4.54. The minimum Gasteiger partial charge on any atom is -0.368 e. The van der Waals surface area contributed by atoms with Gasteiger partial charge in [-0.05, 0) is 24.1 Å². The maximum Gasteiger partial charge on any atom is 0.449 e. The number of primary amides is 1. The summed E-state index contributed by atoms with van der Waals surface area (Å²) in [6, 6.07) is 3.12. The highest BCUT2D eigenvalue weighted by molar-refractivity contribution is 5.99. The number of nitrogens with one attached hydrogen (secondary N) is 1. The molecule has 1 heterocycles. The van der Waals surface area contributed by atoms with E-state index in [4.69, 9.17) is 5.73 Å². The molecule has 2 aromatic rings. The van der Waals surface area contributed by atoms with Gasteiger partial charge in [0, 0.05) is 12.6 Å². The second kappa shape index (κ2) is 6.14. The van der Waals surface area contributed by atoms with Gasteiger partial charge in [-0.25, -0.2) is 4.98 Å². The Hall–Kier alpha value is -2.58. The van der Waals surface area contributed by atoms with E-state index in [0.717, 1.165) is 4.57 Å². The Balaban J connectivity index is 2.37. The number of nitrogens with two attached hydrogens (primary N) is 1. The van der Waals surface area contributed by atoms with Gasteiger partial charge in [0.15, 0.2) is 0 Å². The molecule has 6 nitrogen and oxygen atoms in total. The van der Waals surface area contributed by atoms with Crippen molar-refractivity contribution in [1.29, 1.82) is 0 Å². The second-order valence-electron chi connectivity index (χ2n) is 5.79. The van der Waals surface area contributed by atoms with Crippen molar-refractivity contribution >= 4 is 22.8 Å². The fourth-order valence-electron chi connectivity index (χ4n) is 2.39. The van der Waals surface area contributed by atoms with Gasteiger partial charge < -0.3 is 15.6 Å². The molecule has 1 aromatic heterocycles. The van der Waals surface area contributed by atoms with Gasteiger partial charge in [-0.3, -0.25) is 9.59 Å². The predicted octanol–water partition coefficient (Wildman–Crippen LogP) is 1.83. The van der Waals surface area contributed by atoms with Gasteiger partial charge in [-0.15, -0.1) is 0 Å². The fraction of sp³-hybridized carbons (Fsp3) is 0.400. The lowest BCUT2D eigenvalue weighted by atomic mass is 10.0. The van der Waals surface area contributed by atoms with E-state index in [2.05, 4.69) is 10.3 Å². The van der Waals surface area contributed by atoms with E-state index >= 15 is 0 Å². The summed E-state index contributed by atoms with van der Waals surface area (Å²) in [5.74, 6) is -2.56. The summed E-state index contributed by atoms with van der Waals surface area (Å²) in [5, 5.41) is 2.48. The van der Waals surface area contributed by atoms with E-state index in [0.29, 0.717) is 0 Å². The number of halogens is 3.